The van der Waals surface area contributed by atoms with E-state index in [2.05, 4.69) is 0 Å². The van der Waals surface area contributed by atoms with Crippen molar-refractivity contribution in [3.8, 4) is 5.75 Å². The van der Waals surface area contributed by atoms with Gasteiger partial charge in [-0.3, -0.25) is 4.79 Å². The quantitative estimate of drug-likeness (QED) is 0.843. The highest BCUT2D eigenvalue weighted by atomic mass is 16.3. The summed E-state index contributed by atoms with van der Waals surface area (Å²) in [4.78, 5) is 12.6. The summed E-state index contributed by atoms with van der Waals surface area (Å²) in [6.07, 6.45) is 0.692. The molecule has 3 rings (SSSR count). The maximum atomic E-state index is 12.6. The van der Waals surface area contributed by atoms with E-state index in [9.17, 15) is 9.90 Å². The fraction of sp³-hybridized carbons (Fsp3) is 0.235. The fourth-order valence-corrected chi connectivity index (χ4v) is 2.97. The van der Waals surface area contributed by atoms with Gasteiger partial charge in [-0.15, -0.1) is 0 Å². The molecular weight excluding hydrogens is 236 g/mol. The van der Waals surface area contributed by atoms with E-state index in [1.165, 1.54) is 0 Å². The second kappa shape index (κ2) is 4.23. The molecule has 1 N–H and O–H groups in total. The van der Waals surface area contributed by atoms with Crippen LogP contribution in [0.1, 0.15) is 38.5 Å². The van der Waals surface area contributed by atoms with E-state index >= 15 is 0 Å². The Morgan fingerprint density at radius 2 is 1.79 bits per heavy atom. The summed E-state index contributed by atoms with van der Waals surface area (Å²) in [5.74, 6) is 0.0529. The number of carbonyl (C=O) groups excluding carboxylic acids is 1. The Morgan fingerprint density at radius 3 is 2.47 bits per heavy atom. The third-order valence-corrected chi connectivity index (χ3v) is 3.99. The summed E-state index contributed by atoms with van der Waals surface area (Å²) in [5, 5.41) is 10.2. The first-order chi connectivity index (χ1) is 9.09. The highest BCUT2D eigenvalue weighted by molar-refractivity contribution is 6.08. The molecule has 0 spiro atoms. The molecule has 0 bridgehead atoms. The van der Waals surface area contributed by atoms with E-state index in [-0.39, 0.29) is 17.5 Å². The minimum atomic E-state index is -0.150. The molecule has 0 fully saturated rings. The van der Waals surface area contributed by atoms with Crippen LogP contribution < -0.4 is 0 Å². The largest absolute Gasteiger partial charge is 0.507 e. The average Bonchev–Trinajstić information content (AvgIpc) is 2.76. The van der Waals surface area contributed by atoms with Crippen molar-refractivity contribution in [1.82, 2.24) is 0 Å². The monoisotopic (exact) mass is 252 g/mol. The fourth-order valence-electron chi connectivity index (χ4n) is 2.97. The molecule has 1 aliphatic carbocycles. The van der Waals surface area contributed by atoms with Crippen LogP contribution >= 0.6 is 0 Å². The maximum Gasteiger partial charge on any atom is 0.174 e. The van der Waals surface area contributed by atoms with Crippen molar-refractivity contribution in [1.29, 1.82) is 0 Å². The van der Waals surface area contributed by atoms with Crippen molar-refractivity contribution in [3.63, 3.8) is 0 Å². The van der Waals surface area contributed by atoms with E-state index in [0.29, 0.717) is 12.0 Å². The van der Waals surface area contributed by atoms with Crippen molar-refractivity contribution in [2.45, 2.75) is 26.2 Å². The normalized spacial score (nSPS) is 17.6. The molecule has 0 heterocycles. The second-order valence-electron chi connectivity index (χ2n) is 5.24. The summed E-state index contributed by atoms with van der Waals surface area (Å²) < 4.78 is 0. The third kappa shape index (κ3) is 1.75. The van der Waals surface area contributed by atoms with Crippen molar-refractivity contribution in [2.75, 3.05) is 0 Å². The highest BCUT2D eigenvalue weighted by Gasteiger charge is 2.35. The van der Waals surface area contributed by atoms with Crippen molar-refractivity contribution in [2.24, 2.45) is 0 Å². The number of hydrogen-bond donors (Lipinski definition) is 1. The number of aromatic hydroxyl groups is 1. The van der Waals surface area contributed by atoms with Crippen LogP contribution in [-0.4, -0.2) is 10.9 Å². The lowest BCUT2D eigenvalue weighted by Crippen LogP contribution is -2.06. The van der Waals surface area contributed by atoms with Gasteiger partial charge in [0, 0.05) is 0 Å². The van der Waals surface area contributed by atoms with Gasteiger partial charge in [-0.1, -0.05) is 36.4 Å². The van der Waals surface area contributed by atoms with Gasteiger partial charge >= 0.3 is 0 Å². The van der Waals surface area contributed by atoms with Crippen molar-refractivity contribution < 1.29 is 9.90 Å². The number of ketones is 1. The molecule has 0 aromatic heterocycles. The predicted octanol–water partition coefficient (Wildman–Crippen LogP) is 3.53. The van der Waals surface area contributed by atoms with Gasteiger partial charge in [0.25, 0.3) is 0 Å². The highest BCUT2D eigenvalue weighted by Crippen LogP contribution is 2.41. The van der Waals surface area contributed by atoms with E-state index < -0.39 is 0 Å². The van der Waals surface area contributed by atoms with Crippen LogP contribution in [0.3, 0.4) is 0 Å². The van der Waals surface area contributed by atoms with E-state index in [0.717, 1.165) is 22.3 Å². The molecule has 2 nitrogen and oxygen atoms in total. The average molecular weight is 252 g/mol. The molecule has 96 valence electrons. The Bertz CT molecular complexity index is 657. The maximum absolute atomic E-state index is 12.6. The van der Waals surface area contributed by atoms with Gasteiger partial charge in [-0.25, -0.2) is 0 Å². The number of fused-ring (bicyclic) bond motifs is 1. The Labute approximate surface area is 112 Å². The van der Waals surface area contributed by atoms with Crippen LogP contribution in [0.5, 0.6) is 5.75 Å². The zero-order valence-corrected chi connectivity index (χ0v) is 11.1. The Kier molecular flexibility index (Phi) is 2.67. The summed E-state index contributed by atoms with van der Waals surface area (Å²) in [7, 11) is 0. The number of rotatable bonds is 1. The molecule has 2 aromatic carbocycles. The summed E-state index contributed by atoms with van der Waals surface area (Å²) in [6, 6.07) is 11.8. The molecule has 1 aliphatic rings. The molecule has 0 aliphatic heterocycles. The van der Waals surface area contributed by atoms with E-state index in [1.54, 1.807) is 0 Å². The van der Waals surface area contributed by atoms with Gasteiger partial charge in [-0.05, 0) is 42.5 Å². The molecule has 0 radical (unpaired) electrons. The number of carbonyl (C=O) groups is 1. The van der Waals surface area contributed by atoms with Gasteiger partial charge in [-0.2, -0.15) is 0 Å². The molecular formula is C17H16O2. The van der Waals surface area contributed by atoms with Crippen LogP contribution in [0.2, 0.25) is 0 Å². The number of aryl methyl sites for hydroxylation is 2. The van der Waals surface area contributed by atoms with Crippen molar-refractivity contribution in [3.05, 3.63) is 64.2 Å². The van der Waals surface area contributed by atoms with Crippen LogP contribution in [-0.2, 0) is 6.42 Å². The Morgan fingerprint density at radius 1 is 1.11 bits per heavy atom. The molecule has 0 saturated carbocycles. The van der Waals surface area contributed by atoms with Crippen LogP contribution in [0.4, 0.5) is 0 Å². The minimum Gasteiger partial charge on any atom is -0.507 e. The van der Waals surface area contributed by atoms with Gasteiger partial charge in [0.05, 0.1) is 11.5 Å². The number of phenols is 1. The molecule has 0 saturated heterocycles. The SMILES string of the molecule is Cc1cc(C)c2c(c1O)C(=O)[C@H](c1ccccc1)C2. The number of Topliss-reactive ketones (excluding diaryl/α,β-unsaturated/α-hetero) is 1. The van der Waals surface area contributed by atoms with Gasteiger partial charge < -0.3 is 5.11 Å². The molecule has 2 heteroatoms. The smallest absolute Gasteiger partial charge is 0.174 e. The first-order valence-electron chi connectivity index (χ1n) is 6.50. The van der Waals surface area contributed by atoms with Gasteiger partial charge in [0.1, 0.15) is 5.75 Å². The summed E-state index contributed by atoms with van der Waals surface area (Å²) >= 11 is 0. The molecule has 1 atom stereocenters. The summed E-state index contributed by atoms with van der Waals surface area (Å²) in [5.41, 5.74) is 4.43. The minimum absolute atomic E-state index is 0.0468. The number of phenolic OH excluding ortho intramolecular Hbond substituents is 1. The van der Waals surface area contributed by atoms with Crippen LogP contribution in [0.25, 0.3) is 0 Å². The third-order valence-electron chi connectivity index (χ3n) is 3.99. The zero-order chi connectivity index (χ0) is 13.6. The van der Waals surface area contributed by atoms with Crippen molar-refractivity contribution >= 4 is 5.78 Å². The predicted molar refractivity (Wildman–Crippen MR) is 74.8 cm³/mol. The lowest BCUT2D eigenvalue weighted by molar-refractivity contribution is 0.0970. The van der Waals surface area contributed by atoms with Crippen LogP contribution in [0.15, 0.2) is 36.4 Å². The van der Waals surface area contributed by atoms with Gasteiger partial charge in [0.15, 0.2) is 5.78 Å². The standard InChI is InChI=1S/C17H16O2/c1-10-8-11(2)16(18)15-13(10)9-14(17(15)19)12-6-4-3-5-7-12/h3-8,14,18H,9H2,1-2H3/t14-/m0/s1. The lowest BCUT2D eigenvalue weighted by Gasteiger charge is -2.08. The lowest BCUT2D eigenvalue weighted by atomic mass is 9.95. The van der Waals surface area contributed by atoms with E-state index in [1.807, 2.05) is 50.2 Å². The molecule has 0 unspecified atom stereocenters. The first-order valence-corrected chi connectivity index (χ1v) is 6.50. The molecule has 0 amide bonds. The Hall–Kier alpha value is -2.09. The first kappa shape index (κ1) is 12.0. The summed E-state index contributed by atoms with van der Waals surface area (Å²) in [6.45, 7) is 3.84. The molecule has 2 aromatic rings. The van der Waals surface area contributed by atoms with Crippen LogP contribution in [0, 0.1) is 13.8 Å². The van der Waals surface area contributed by atoms with E-state index in [4.69, 9.17) is 0 Å². The molecule has 19 heavy (non-hydrogen) atoms. The zero-order valence-electron chi connectivity index (χ0n) is 11.1. The number of benzene rings is 2. The van der Waals surface area contributed by atoms with Gasteiger partial charge in [0.2, 0.25) is 0 Å². The Balaban J connectivity index is 2.13. The number of hydrogen-bond acceptors (Lipinski definition) is 2. The second-order valence-corrected chi connectivity index (χ2v) is 5.24. The topological polar surface area (TPSA) is 37.3 Å².